The van der Waals surface area contributed by atoms with E-state index in [0.29, 0.717) is 0 Å². The average Bonchev–Trinajstić information content (AvgIpc) is 3.10. The monoisotopic (exact) mass is 463 g/mol. The molecule has 1 aromatic heterocycles. The van der Waals surface area contributed by atoms with E-state index >= 15 is 0 Å². The Kier molecular flexibility index (Phi) is 6.00. The summed E-state index contributed by atoms with van der Waals surface area (Å²) in [6, 6.07) is 10.1. The Balaban J connectivity index is 1.95. The molecule has 0 spiro atoms. The van der Waals surface area contributed by atoms with Crippen LogP contribution in [0.25, 0.3) is 0 Å². The zero-order chi connectivity index (χ0) is 22.9. The van der Waals surface area contributed by atoms with E-state index in [-0.39, 0.29) is 32.7 Å². The number of carbonyl (C=O) groups excluding carboxylic acids is 1. The maximum Gasteiger partial charge on any atom is 0.289 e. The van der Waals surface area contributed by atoms with E-state index in [1.54, 1.807) is 12.1 Å². The highest BCUT2D eigenvalue weighted by atomic mass is 35.5. The van der Waals surface area contributed by atoms with Gasteiger partial charge in [-0.1, -0.05) is 29.3 Å². The Morgan fingerprint density at radius 3 is 2.48 bits per heavy atom. The molecule has 0 aliphatic rings. The van der Waals surface area contributed by atoms with Crippen molar-refractivity contribution in [2.45, 2.75) is 11.8 Å². The highest BCUT2D eigenvalue weighted by Gasteiger charge is 2.28. The number of carbonyl (C=O) groups is 1. The molecule has 162 valence electrons. The van der Waals surface area contributed by atoms with Crippen LogP contribution in [0.5, 0.6) is 0 Å². The molecule has 0 atom stereocenters. The number of sulfonamides is 1. The number of halogens is 1. The van der Waals surface area contributed by atoms with E-state index in [4.69, 9.17) is 11.6 Å². The van der Waals surface area contributed by atoms with Gasteiger partial charge in [0.15, 0.2) is 5.82 Å². The summed E-state index contributed by atoms with van der Waals surface area (Å²) in [6.07, 6.45) is 1.22. The number of benzene rings is 2. The van der Waals surface area contributed by atoms with Crippen LogP contribution >= 0.6 is 11.6 Å². The van der Waals surface area contributed by atoms with Crippen LogP contribution < -0.4 is 9.62 Å². The average molecular weight is 464 g/mol. The van der Waals surface area contributed by atoms with Gasteiger partial charge in [-0.25, -0.2) is 8.42 Å². The molecule has 0 fully saturated rings. The molecule has 0 saturated carbocycles. The molecule has 0 aliphatic heterocycles. The van der Waals surface area contributed by atoms with Crippen molar-refractivity contribution in [1.82, 2.24) is 9.78 Å². The topological polar surface area (TPSA) is 127 Å². The van der Waals surface area contributed by atoms with Crippen molar-refractivity contribution in [2.75, 3.05) is 16.7 Å². The van der Waals surface area contributed by atoms with Crippen LogP contribution in [0.3, 0.4) is 0 Å². The molecular formula is C19H18ClN5O5S. The van der Waals surface area contributed by atoms with Crippen LogP contribution in [0, 0.1) is 17.0 Å². The number of anilines is 2. The number of rotatable bonds is 6. The van der Waals surface area contributed by atoms with Gasteiger partial charge in [-0.3, -0.25) is 23.9 Å². The van der Waals surface area contributed by atoms with Gasteiger partial charge in [0.05, 0.1) is 16.0 Å². The Hall–Kier alpha value is -3.44. The first-order valence-electron chi connectivity index (χ1n) is 8.85. The summed E-state index contributed by atoms with van der Waals surface area (Å²) in [4.78, 5) is 23.3. The smallest absolute Gasteiger partial charge is 0.289 e. The quantitative estimate of drug-likeness (QED) is 0.441. The van der Waals surface area contributed by atoms with Crippen LogP contribution in [-0.2, 0) is 17.1 Å². The van der Waals surface area contributed by atoms with Gasteiger partial charge in [0, 0.05) is 25.8 Å². The fraction of sp³-hybridized carbons (Fsp3) is 0.158. The van der Waals surface area contributed by atoms with Crippen molar-refractivity contribution in [2.24, 2.45) is 7.05 Å². The second kappa shape index (κ2) is 8.36. The lowest BCUT2D eigenvalue weighted by molar-refractivity contribution is -0.384. The molecule has 2 aromatic carbocycles. The molecule has 31 heavy (non-hydrogen) atoms. The molecule has 10 nitrogen and oxygen atoms in total. The molecule has 1 N–H and O–H groups in total. The third-order valence-electron chi connectivity index (χ3n) is 4.53. The summed E-state index contributed by atoms with van der Waals surface area (Å²) >= 11 is 5.79. The highest BCUT2D eigenvalue weighted by molar-refractivity contribution is 7.92. The van der Waals surface area contributed by atoms with Crippen LogP contribution in [0.1, 0.15) is 15.9 Å². The standard InChI is InChI=1S/C19H18ClN5O5S/c1-12-4-7-14(8-5-12)31(29,30)24(3)19-15(11-21-23(19)2)18(26)22-13-6-9-16(20)17(10-13)25(27)28/h4-11H,1-3H3,(H,22,26). The number of nitrogens with one attached hydrogen (secondary N) is 1. The summed E-state index contributed by atoms with van der Waals surface area (Å²) in [7, 11) is -1.15. The van der Waals surface area contributed by atoms with E-state index in [1.807, 2.05) is 6.92 Å². The molecule has 0 aliphatic carbocycles. The van der Waals surface area contributed by atoms with Crippen LogP contribution in [-0.4, -0.2) is 36.1 Å². The third-order valence-corrected chi connectivity index (χ3v) is 6.61. The van der Waals surface area contributed by atoms with Crippen molar-refractivity contribution < 1.29 is 18.1 Å². The Bertz CT molecular complexity index is 1270. The number of nitro benzene ring substituents is 1. The minimum Gasteiger partial charge on any atom is -0.322 e. The van der Waals surface area contributed by atoms with Gasteiger partial charge in [-0.05, 0) is 31.2 Å². The number of aromatic nitrogens is 2. The molecule has 3 rings (SSSR count). The summed E-state index contributed by atoms with van der Waals surface area (Å²) in [5.74, 6) is -0.660. The van der Waals surface area contributed by atoms with Gasteiger partial charge in [-0.2, -0.15) is 5.10 Å². The summed E-state index contributed by atoms with van der Waals surface area (Å²) < 4.78 is 28.3. The molecule has 1 amide bonds. The SMILES string of the molecule is Cc1ccc(S(=O)(=O)N(C)c2c(C(=O)Nc3ccc(Cl)c([N+](=O)[O-])c3)cnn2C)cc1. The van der Waals surface area contributed by atoms with E-state index in [9.17, 15) is 23.3 Å². The fourth-order valence-electron chi connectivity index (χ4n) is 2.88. The number of hydrogen-bond donors (Lipinski definition) is 1. The summed E-state index contributed by atoms with van der Waals surface area (Å²) in [5.41, 5.74) is 0.627. The molecule has 3 aromatic rings. The lowest BCUT2D eigenvalue weighted by atomic mass is 10.2. The van der Waals surface area contributed by atoms with Gasteiger partial charge >= 0.3 is 0 Å². The number of amides is 1. The summed E-state index contributed by atoms with van der Waals surface area (Å²) in [6.45, 7) is 1.84. The van der Waals surface area contributed by atoms with Crippen LogP contribution in [0.2, 0.25) is 5.02 Å². The van der Waals surface area contributed by atoms with Crippen molar-refractivity contribution in [3.63, 3.8) is 0 Å². The maximum absolute atomic E-state index is 13.0. The summed E-state index contributed by atoms with van der Waals surface area (Å²) in [5, 5.41) is 17.5. The zero-order valence-electron chi connectivity index (χ0n) is 16.7. The molecule has 0 radical (unpaired) electrons. The minimum atomic E-state index is -3.97. The van der Waals surface area contributed by atoms with Gasteiger partial charge in [0.25, 0.3) is 21.6 Å². The highest BCUT2D eigenvalue weighted by Crippen LogP contribution is 2.29. The molecule has 1 heterocycles. The second-order valence-electron chi connectivity index (χ2n) is 6.67. The number of nitrogens with zero attached hydrogens (tertiary/aromatic N) is 4. The van der Waals surface area contributed by atoms with Crippen LogP contribution in [0.15, 0.2) is 53.6 Å². The van der Waals surface area contributed by atoms with Crippen molar-refractivity contribution in [1.29, 1.82) is 0 Å². The first-order valence-corrected chi connectivity index (χ1v) is 10.7. The Labute approximate surface area is 183 Å². The van der Waals surface area contributed by atoms with E-state index in [2.05, 4.69) is 10.4 Å². The maximum atomic E-state index is 13.0. The van der Waals surface area contributed by atoms with Crippen molar-refractivity contribution >= 4 is 44.7 Å². The zero-order valence-corrected chi connectivity index (χ0v) is 18.3. The predicted octanol–water partition coefficient (Wildman–Crippen LogP) is 3.37. The lowest BCUT2D eigenvalue weighted by Crippen LogP contribution is -2.30. The van der Waals surface area contributed by atoms with Gasteiger partial charge in [-0.15, -0.1) is 0 Å². The van der Waals surface area contributed by atoms with E-state index in [1.165, 1.54) is 49.2 Å². The first kappa shape index (κ1) is 22.2. The number of hydrogen-bond acceptors (Lipinski definition) is 6. The van der Waals surface area contributed by atoms with Crippen molar-refractivity contribution in [3.8, 4) is 0 Å². The third kappa shape index (κ3) is 4.37. The van der Waals surface area contributed by atoms with Gasteiger partial charge < -0.3 is 5.32 Å². The lowest BCUT2D eigenvalue weighted by Gasteiger charge is -2.21. The van der Waals surface area contributed by atoms with Crippen molar-refractivity contribution in [3.05, 3.63) is 74.9 Å². The Morgan fingerprint density at radius 1 is 1.23 bits per heavy atom. The molecule has 0 unspecified atom stereocenters. The van der Waals surface area contributed by atoms with Gasteiger partial charge in [0.1, 0.15) is 10.6 Å². The van der Waals surface area contributed by atoms with E-state index in [0.717, 1.165) is 15.9 Å². The predicted molar refractivity (Wildman–Crippen MR) is 116 cm³/mol. The molecule has 0 bridgehead atoms. The molecular weight excluding hydrogens is 446 g/mol. The Morgan fingerprint density at radius 2 is 1.87 bits per heavy atom. The molecule has 12 heteroatoms. The fourth-order valence-corrected chi connectivity index (χ4v) is 4.30. The minimum absolute atomic E-state index is 0.0292. The normalized spacial score (nSPS) is 11.2. The number of nitro groups is 1. The van der Waals surface area contributed by atoms with Gasteiger partial charge in [0.2, 0.25) is 0 Å². The number of aryl methyl sites for hydroxylation is 2. The van der Waals surface area contributed by atoms with E-state index < -0.39 is 20.9 Å². The largest absolute Gasteiger partial charge is 0.322 e. The second-order valence-corrected chi connectivity index (χ2v) is 9.04. The molecule has 0 saturated heterocycles. The first-order chi connectivity index (χ1) is 14.5. The van der Waals surface area contributed by atoms with Crippen LogP contribution in [0.4, 0.5) is 17.2 Å².